The molecule has 2 atom stereocenters. The van der Waals surface area contributed by atoms with Crippen molar-refractivity contribution in [2.75, 3.05) is 18.0 Å². The smallest absolute Gasteiger partial charge is 0.132 e. The van der Waals surface area contributed by atoms with Gasteiger partial charge in [-0.15, -0.1) is 0 Å². The topological polar surface area (TPSA) is 41.0 Å². The Bertz CT molecular complexity index is 432. The molecule has 2 fully saturated rings. The summed E-state index contributed by atoms with van der Waals surface area (Å²) in [5.74, 6) is 2.01. The molecule has 0 radical (unpaired) electrons. The second-order valence-electron chi connectivity index (χ2n) is 5.49. The lowest BCUT2D eigenvalue weighted by Gasteiger charge is -2.25. The highest BCUT2D eigenvalue weighted by atomic mass is 15.2. The summed E-state index contributed by atoms with van der Waals surface area (Å²) in [6.07, 6.45) is 4.88. The van der Waals surface area contributed by atoms with E-state index in [1.165, 1.54) is 19.3 Å². The van der Waals surface area contributed by atoms with E-state index in [1.807, 2.05) is 6.92 Å². The summed E-state index contributed by atoms with van der Waals surface area (Å²) < 4.78 is 0. The molecule has 3 rings (SSSR count). The third kappa shape index (κ3) is 2.34. The molecule has 2 unspecified atom stereocenters. The molecule has 2 aliphatic heterocycles. The molecule has 3 heterocycles. The molecule has 0 spiro atoms. The molecule has 0 aromatic carbocycles. The summed E-state index contributed by atoms with van der Waals surface area (Å²) in [4.78, 5) is 11.5. The Kier molecular flexibility index (Phi) is 3.20. The van der Waals surface area contributed by atoms with Crippen molar-refractivity contribution in [3.63, 3.8) is 0 Å². The molecule has 0 amide bonds. The zero-order valence-electron chi connectivity index (χ0n) is 11.3. The van der Waals surface area contributed by atoms with E-state index in [1.54, 1.807) is 0 Å². The molecule has 4 heteroatoms. The minimum absolute atomic E-state index is 0.651. The maximum absolute atomic E-state index is 4.62. The standard InChI is InChI=1S/C14H22N4/c1-3-11-8-14(16-10(2)15-11)18-7-6-12-4-5-13(9-18)17-12/h8,12-13,17H,3-7,9H2,1-2H3. The number of fused-ring (bicyclic) bond motifs is 2. The van der Waals surface area contributed by atoms with Crippen LogP contribution in [0, 0.1) is 6.92 Å². The summed E-state index contributed by atoms with van der Waals surface area (Å²) in [5.41, 5.74) is 1.15. The molecular formula is C14H22N4. The molecular weight excluding hydrogens is 224 g/mol. The van der Waals surface area contributed by atoms with Crippen LogP contribution in [0.3, 0.4) is 0 Å². The predicted molar refractivity (Wildman–Crippen MR) is 72.9 cm³/mol. The Morgan fingerprint density at radius 1 is 1.28 bits per heavy atom. The van der Waals surface area contributed by atoms with Crippen LogP contribution in [0.15, 0.2) is 6.07 Å². The van der Waals surface area contributed by atoms with Crippen LogP contribution in [-0.2, 0) is 6.42 Å². The molecule has 2 bridgehead atoms. The van der Waals surface area contributed by atoms with Crippen LogP contribution in [0.4, 0.5) is 5.82 Å². The quantitative estimate of drug-likeness (QED) is 0.862. The van der Waals surface area contributed by atoms with Gasteiger partial charge in [0.1, 0.15) is 11.6 Å². The van der Waals surface area contributed by atoms with Gasteiger partial charge in [0.15, 0.2) is 0 Å². The van der Waals surface area contributed by atoms with Gasteiger partial charge in [0.25, 0.3) is 0 Å². The van der Waals surface area contributed by atoms with Crippen LogP contribution in [0.25, 0.3) is 0 Å². The van der Waals surface area contributed by atoms with Crippen molar-refractivity contribution in [2.24, 2.45) is 0 Å². The van der Waals surface area contributed by atoms with Crippen molar-refractivity contribution in [1.82, 2.24) is 15.3 Å². The van der Waals surface area contributed by atoms with Crippen molar-refractivity contribution < 1.29 is 0 Å². The molecule has 0 saturated carbocycles. The van der Waals surface area contributed by atoms with Gasteiger partial charge in [0.2, 0.25) is 0 Å². The number of aromatic nitrogens is 2. The highest BCUT2D eigenvalue weighted by Crippen LogP contribution is 2.24. The van der Waals surface area contributed by atoms with Crippen molar-refractivity contribution >= 4 is 5.82 Å². The number of anilines is 1. The highest BCUT2D eigenvalue weighted by molar-refractivity contribution is 5.40. The molecule has 0 aliphatic carbocycles. The number of nitrogens with one attached hydrogen (secondary N) is 1. The first-order valence-corrected chi connectivity index (χ1v) is 7.10. The van der Waals surface area contributed by atoms with Crippen molar-refractivity contribution in [3.8, 4) is 0 Å². The lowest BCUT2D eigenvalue weighted by Crippen LogP contribution is -2.35. The fourth-order valence-electron chi connectivity index (χ4n) is 3.11. The molecule has 4 nitrogen and oxygen atoms in total. The second-order valence-corrected chi connectivity index (χ2v) is 5.49. The van der Waals surface area contributed by atoms with E-state index in [9.17, 15) is 0 Å². The second kappa shape index (κ2) is 4.84. The fraction of sp³-hybridized carbons (Fsp3) is 0.714. The van der Waals surface area contributed by atoms with Crippen molar-refractivity contribution in [1.29, 1.82) is 0 Å². The molecule has 2 aliphatic rings. The first-order valence-electron chi connectivity index (χ1n) is 7.10. The summed E-state index contributed by atoms with van der Waals surface area (Å²) in [6.45, 7) is 6.35. The Morgan fingerprint density at radius 3 is 2.94 bits per heavy atom. The van der Waals surface area contributed by atoms with Gasteiger partial charge >= 0.3 is 0 Å². The fourth-order valence-corrected chi connectivity index (χ4v) is 3.11. The normalized spacial score (nSPS) is 27.3. The molecule has 18 heavy (non-hydrogen) atoms. The van der Waals surface area contributed by atoms with Crippen molar-refractivity contribution in [2.45, 2.75) is 51.6 Å². The maximum atomic E-state index is 4.62. The number of nitrogens with zero attached hydrogens (tertiary/aromatic N) is 3. The summed E-state index contributed by atoms with van der Waals surface area (Å²) in [6, 6.07) is 3.54. The van der Waals surface area contributed by atoms with E-state index in [2.05, 4.69) is 33.2 Å². The summed E-state index contributed by atoms with van der Waals surface area (Å²) >= 11 is 0. The van der Waals surface area contributed by atoms with Gasteiger partial charge in [0, 0.05) is 36.9 Å². The number of hydrogen-bond donors (Lipinski definition) is 1. The van der Waals surface area contributed by atoms with Gasteiger partial charge in [-0.1, -0.05) is 6.92 Å². The molecule has 98 valence electrons. The predicted octanol–water partition coefficient (Wildman–Crippen LogP) is 1.68. The average molecular weight is 246 g/mol. The first-order chi connectivity index (χ1) is 8.74. The van der Waals surface area contributed by atoms with Crippen LogP contribution >= 0.6 is 0 Å². The van der Waals surface area contributed by atoms with Crippen LogP contribution < -0.4 is 10.2 Å². The number of rotatable bonds is 2. The third-order valence-corrected chi connectivity index (χ3v) is 4.09. The third-order valence-electron chi connectivity index (χ3n) is 4.09. The zero-order chi connectivity index (χ0) is 12.5. The maximum Gasteiger partial charge on any atom is 0.132 e. The largest absolute Gasteiger partial charge is 0.355 e. The van der Waals surface area contributed by atoms with Gasteiger partial charge in [0.05, 0.1) is 0 Å². The van der Waals surface area contributed by atoms with E-state index in [4.69, 9.17) is 0 Å². The van der Waals surface area contributed by atoms with E-state index in [0.717, 1.165) is 42.9 Å². The molecule has 1 N–H and O–H groups in total. The van der Waals surface area contributed by atoms with Gasteiger partial charge in [-0.05, 0) is 32.6 Å². The Balaban J connectivity index is 1.83. The van der Waals surface area contributed by atoms with E-state index >= 15 is 0 Å². The number of aryl methyl sites for hydroxylation is 2. The van der Waals surface area contributed by atoms with Crippen molar-refractivity contribution in [3.05, 3.63) is 17.6 Å². The lowest BCUT2D eigenvalue weighted by atomic mass is 10.1. The molecule has 2 saturated heterocycles. The van der Waals surface area contributed by atoms with Gasteiger partial charge in [-0.3, -0.25) is 0 Å². The van der Waals surface area contributed by atoms with Gasteiger partial charge < -0.3 is 10.2 Å². The van der Waals surface area contributed by atoms with Crippen LogP contribution in [0.2, 0.25) is 0 Å². The monoisotopic (exact) mass is 246 g/mol. The first kappa shape index (κ1) is 11.9. The van der Waals surface area contributed by atoms with E-state index in [-0.39, 0.29) is 0 Å². The van der Waals surface area contributed by atoms with Gasteiger partial charge in [-0.25, -0.2) is 9.97 Å². The summed E-state index contributed by atoms with van der Waals surface area (Å²) in [5, 5.41) is 3.71. The van der Waals surface area contributed by atoms with Crippen LogP contribution in [0.5, 0.6) is 0 Å². The minimum Gasteiger partial charge on any atom is -0.355 e. The minimum atomic E-state index is 0.651. The Hall–Kier alpha value is -1.16. The Morgan fingerprint density at radius 2 is 2.11 bits per heavy atom. The highest BCUT2D eigenvalue weighted by Gasteiger charge is 2.29. The van der Waals surface area contributed by atoms with Crippen LogP contribution in [-0.4, -0.2) is 35.1 Å². The lowest BCUT2D eigenvalue weighted by molar-refractivity contribution is 0.563. The molecule has 1 aromatic heterocycles. The van der Waals surface area contributed by atoms with E-state index < -0.39 is 0 Å². The van der Waals surface area contributed by atoms with E-state index in [0.29, 0.717) is 6.04 Å². The SMILES string of the molecule is CCc1cc(N2CCC3CCC(C2)N3)nc(C)n1. The Labute approximate surface area is 109 Å². The zero-order valence-corrected chi connectivity index (χ0v) is 11.3. The van der Waals surface area contributed by atoms with Crippen LogP contribution in [0.1, 0.15) is 37.7 Å². The van der Waals surface area contributed by atoms with Gasteiger partial charge in [-0.2, -0.15) is 0 Å². The number of hydrogen-bond acceptors (Lipinski definition) is 4. The average Bonchev–Trinajstić information content (AvgIpc) is 2.68. The summed E-state index contributed by atoms with van der Waals surface area (Å²) in [7, 11) is 0. The molecule has 1 aromatic rings.